The van der Waals surface area contributed by atoms with Crippen LogP contribution in [0.5, 0.6) is 5.75 Å². The second-order valence-corrected chi connectivity index (χ2v) is 5.92. The van der Waals surface area contributed by atoms with Crippen molar-refractivity contribution in [2.45, 2.75) is 19.3 Å². The van der Waals surface area contributed by atoms with Crippen molar-refractivity contribution < 1.29 is 9.53 Å². The number of benzene rings is 1. The van der Waals surface area contributed by atoms with Crippen molar-refractivity contribution in [3.8, 4) is 5.75 Å². The van der Waals surface area contributed by atoms with Crippen LogP contribution in [0.2, 0.25) is 0 Å². The Kier molecular flexibility index (Phi) is 4.01. The molecule has 3 rings (SSSR count). The first-order valence-electron chi connectivity index (χ1n) is 6.86. The summed E-state index contributed by atoms with van der Waals surface area (Å²) >= 11 is 1.58. The number of anilines is 1. The number of nitrogens with zero attached hydrogens (tertiary/aromatic N) is 1. The van der Waals surface area contributed by atoms with E-state index in [9.17, 15) is 4.79 Å². The van der Waals surface area contributed by atoms with Crippen molar-refractivity contribution >= 4 is 28.5 Å². The molecule has 0 atom stereocenters. The number of carbonyl (C=O) groups is 1. The van der Waals surface area contributed by atoms with Gasteiger partial charge in [0.05, 0.1) is 12.8 Å². The summed E-state index contributed by atoms with van der Waals surface area (Å²) in [6, 6.07) is 7.53. The van der Waals surface area contributed by atoms with E-state index >= 15 is 0 Å². The number of rotatable bonds is 4. The van der Waals surface area contributed by atoms with Crippen LogP contribution in [0, 0.1) is 0 Å². The topological polar surface area (TPSA) is 51.2 Å². The van der Waals surface area contributed by atoms with Crippen molar-refractivity contribution in [3.63, 3.8) is 0 Å². The zero-order valence-corrected chi connectivity index (χ0v) is 12.6. The molecule has 0 unspecified atom stereocenters. The lowest BCUT2D eigenvalue weighted by molar-refractivity contribution is -0.111. The van der Waals surface area contributed by atoms with E-state index in [1.165, 1.54) is 17.4 Å². The number of hydrogen-bond donors (Lipinski definition) is 1. The molecule has 5 heteroatoms. The molecule has 1 aliphatic rings. The molecule has 1 amide bonds. The molecule has 1 aromatic heterocycles. The maximum atomic E-state index is 11.9. The van der Waals surface area contributed by atoms with Gasteiger partial charge < -0.3 is 4.74 Å². The molecule has 1 aromatic carbocycles. The fourth-order valence-corrected chi connectivity index (χ4v) is 3.33. The highest BCUT2D eigenvalue weighted by atomic mass is 32.1. The van der Waals surface area contributed by atoms with Crippen LogP contribution >= 0.6 is 11.3 Å². The lowest BCUT2D eigenvalue weighted by atomic mass is 10.2. The van der Waals surface area contributed by atoms with Crippen LogP contribution in [0.4, 0.5) is 5.13 Å². The monoisotopic (exact) mass is 300 g/mol. The highest BCUT2D eigenvalue weighted by Gasteiger charge is 2.17. The first-order valence-corrected chi connectivity index (χ1v) is 7.68. The fraction of sp³-hybridized carbons (Fsp3) is 0.250. The first-order chi connectivity index (χ1) is 10.2. The van der Waals surface area contributed by atoms with Gasteiger partial charge in [-0.05, 0) is 43.0 Å². The molecular weight excluding hydrogens is 284 g/mol. The maximum absolute atomic E-state index is 11.9. The highest BCUT2D eigenvalue weighted by molar-refractivity contribution is 7.15. The van der Waals surface area contributed by atoms with Gasteiger partial charge in [-0.15, -0.1) is 11.3 Å². The number of aryl methyl sites for hydroxylation is 2. The zero-order chi connectivity index (χ0) is 14.7. The summed E-state index contributed by atoms with van der Waals surface area (Å²) in [6.07, 6.45) is 6.60. The molecule has 0 fully saturated rings. The van der Waals surface area contributed by atoms with Crippen LogP contribution in [0.15, 0.2) is 30.3 Å². The minimum Gasteiger partial charge on any atom is -0.497 e. The van der Waals surface area contributed by atoms with Crippen molar-refractivity contribution in [1.82, 2.24) is 4.98 Å². The van der Waals surface area contributed by atoms with Crippen molar-refractivity contribution in [3.05, 3.63) is 46.5 Å². The van der Waals surface area contributed by atoms with Gasteiger partial charge in [0.2, 0.25) is 5.91 Å². The summed E-state index contributed by atoms with van der Waals surface area (Å²) in [5, 5.41) is 3.52. The van der Waals surface area contributed by atoms with Gasteiger partial charge in [-0.2, -0.15) is 0 Å². The van der Waals surface area contributed by atoms with E-state index in [1.807, 2.05) is 24.3 Å². The molecule has 1 N–H and O–H groups in total. The summed E-state index contributed by atoms with van der Waals surface area (Å²) < 4.78 is 5.09. The Morgan fingerprint density at radius 1 is 1.33 bits per heavy atom. The van der Waals surface area contributed by atoms with Gasteiger partial charge in [-0.1, -0.05) is 12.1 Å². The third kappa shape index (κ3) is 3.31. The number of methoxy groups -OCH3 is 1. The summed E-state index contributed by atoms with van der Waals surface area (Å²) in [6.45, 7) is 0. The third-order valence-electron chi connectivity index (χ3n) is 3.37. The van der Waals surface area contributed by atoms with Gasteiger partial charge in [0.25, 0.3) is 0 Å². The third-order valence-corrected chi connectivity index (χ3v) is 4.44. The van der Waals surface area contributed by atoms with Crippen molar-refractivity contribution in [2.75, 3.05) is 12.4 Å². The molecule has 0 spiro atoms. The zero-order valence-electron chi connectivity index (χ0n) is 11.8. The van der Waals surface area contributed by atoms with Crippen LogP contribution in [0.3, 0.4) is 0 Å². The van der Waals surface area contributed by atoms with Crippen LogP contribution in [-0.2, 0) is 17.6 Å². The Balaban J connectivity index is 1.61. The number of nitrogens with one attached hydrogen (secondary N) is 1. The van der Waals surface area contributed by atoms with Crippen molar-refractivity contribution in [1.29, 1.82) is 0 Å². The molecular formula is C16H16N2O2S. The van der Waals surface area contributed by atoms with Gasteiger partial charge in [0.15, 0.2) is 5.13 Å². The SMILES string of the molecule is COc1ccc(C=CC(=O)Nc2nc3c(s2)CCC3)cc1. The van der Waals surface area contributed by atoms with Crippen molar-refractivity contribution in [2.24, 2.45) is 0 Å². The van der Waals surface area contributed by atoms with Gasteiger partial charge in [-0.25, -0.2) is 4.98 Å². The van der Waals surface area contributed by atoms with Gasteiger partial charge in [-0.3, -0.25) is 10.1 Å². The van der Waals surface area contributed by atoms with Gasteiger partial charge in [0.1, 0.15) is 5.75 Å². The average molecular weight is 300 g/mol. The molecule has 21 heavy (non-hydrogen) atoms. The molecule has 2 aromatic rings. The molecule has 1 heterocycles. The Labute approximate surface area is 127 Å². The molecule has 0 radical (unpaired) electrons. The Morgan fingerprint density at radius 3 is 2.86 bits per heavy atom. The predicted octanol–water partition coefficient (Wildman–Crippen LogP) is 3.29. The molecule has 1 aliphatic carbocycles. The molecule has 0 saturated heterocycles. The molecule has 0 bridgehead atoms. The Hall–Kier alpha value is -2.14. The highest BCUT2D eigenvalue weighted by Crippen LogP contribution is 2.30. The molecule has 0 aliphatic heterocycles. The number of amides is 1. The largest absolute Gasteiger partial charge is 0.497 e. The predicted molar refractivity (Wildman–Crippen MR) is 84.8 cm³/mol. The number of fused-ring (bicyclic) bond motifs is 1. The summed E-state index contributed by atoms with van der Waals surface area (Å²) in [5.74, 6) is 0.646. The molecule has 108 valence electrons. The van der Waals surface area contributed by atoms with Gasteiger partial charge >= 0.3 is 0 Å². The lowest BCUT2D eigenvalue weighted by Gasteiger charge is -1.99. The van der Waals surface area contributed by atoms with E-state index in [-0.39, 0.29) is 5.91 Å². The first kappa shape index (κ1) is 13.8. The van der Waals surface area contributed by atoms with Crippen LogP contribution in [-0.4, -0.2) is 18.0 Å². The van der Waals surface area contributed by atoms with Crippen LogP contribution < -0.4 is 10.1 Å². The van der Waals surface area contributed by atoms with E-state index in [4.69, 9.17) is 4.74 Å². The number of thiazole rings is 1. The number of carbonyl (C=O) groups excluding carboxylic acids is 1. The smallest absolute Gasteiger partial charge is 0.250 e. The van der Waals surface area contributed by atoms with Crippen LogP contribution in [0.1, 0.15) is 22.6 Å². The summed E-state index contributed by atoms with van der Waals surface area (Å²) in [4.78, 5) is 17.6. The maximum Gasteiger partial charge on any atom is 0.250 e. The van der Waals surface area contributed by atoms with Gasteiger partial charge in [0, 0.05) is 11.0 Å². The second kappa shape index (κ2) is 6.10. The summed E-state index contributed by atoms with van der Waals surface area (Å²) in [7, 11) is 1.63. The van der Waals surface area contributed by atoms with E-state index < -0.39 is 0 Å². The Morgan fingerprint density at radius 2 is 2.14 bits per heavy atom. The van der Waals surface area contributed by atoms with E-state index in [0.29, 0.717) is 5.13 Å². The number of ether oxygens (including phenoxy) is 1. The quantitative estimate of drug-likeness (QED) is 0.882. The van der Waals surface area contributed by atoms with E-state index in [2.05, 4.69) is 10.3 Å². The molecule has 0 saturated carbocycles. The van der Waals surface area contributed by atoms with Crippen LogP contribution in [0.25, 0.3) is 6.08 Å². The van der Waals surface area contributed by atoms with E-state index in [0.717, 1.165) is 29.8 Å². The second-order valence-electron chi connectivity index (χ2n) is 4.84. The number of hydrogen-bond acceptors (Lipinski definition) is 4. The Bertz CT molecular complexity index is 653. The van der Waals surface area contributed by atoms with E-state index in [1.54, 1.807) is 24.5 Å². The minimum absolute atomic E-state index is 0.154. The minimum atomic E-state index is -0.154. The number of aromatic nitrogens is 1. The lowest BCUT2D eigenvalue weighted by Crippen LogP contribution is -2.07. The molecule has 4 nitrogen and oxygen atoms in total. The summed E-state index contributed by atoms with van der Waals surface area (Å²) in [5.41, 5.74) is 2.10. The average Bonchev–Trinajstić information content (AvgIpc) is 3.07. The fourth-order valence-electron chi connectivity index (χ4n) is 2.28. The standard InChI is InChI=1S/C16H16N2O2S/c1-20-12-8-5-11(6-9-12)7-10-15(19)18-16-17-13-3-2-4-14(13)21-16/h5-10H,2-4H2,1H3,(H,17,18,19). The normalized spacial score (nSPS) is 13.4.